The number of nitrogens with zero attached hydrogens (tertiary/aromatic N) is 2. The zero-order valence-electron chi connectivity index (χ0n) is 12.2. The lowest BCUT2D eigenvalue weighted by atomic mass is 10.1. The number of rotatable bonds is 4. The molecule has 3 rings (SSSR count). The van der Waals surface area contributed by atoms with Crippen LogP contribution < -0.4 is 10.6 Å². The van der Waals surface area contributed by atoms with E-state index in [0.29, 0.717) is 12.3 Å². The zero-order chi connectivity index (χ0) is 14.8. The largest absolute Gasteiger partial charge is 0.508 e. The third-order valence-corrected chi connectivity index (χ3v) is 4.49. The molecule has 0 bridgehead atoms. The number of hydrogen-bond acceptors (Lipinski definition) is 4. The molecule has 0 aromatic heterocycles. The van der Waals surface area contributed by atoms with Crippen LogP contribution in [-0.4, -0.2) is 48.1 Å². The van der Waals surface area contributed by atoms with Crippen molar-refractivity contribution in [3.8, 4) is 5.75 Å². The zero-order valence-corrected chi connectivity index (χ0v) is 12.2. The number of aromatic hydroxyl groups is 1. The molecular formula is C16H23N3O2. The molecule has 2 fully saturated rings. The summed E-state index contributed by atoms with van der Waals surface area (Å²) in [6.45, 7) is 3.15. The lowest BCUT2D eigenvalue weighted by Gasteiger charge is -2.36. The molecule has 5 nitrogen and oxygen atoms in total. The number of phenols is 1. The highest BCUT2D eigenvalue weighted by molar-refractivity contribution is 5.77. The van der Waals surface area contributed by atoms with E-state index >= 15 is 0 Å². The number of anilines is 1. The summed E-state index contributed by atoms with van der Waals surface area (Å²) in [5.74, 6) is 1.05. The lowest BCUT2D eigenvalue weighted by Crippen LogP contribution is -2.49. The predicted molar refractivity (Wildman–Crippen MR) is 82.2 cm³/mol. The second-order valence-electron chi connectivity index (χ2n) is 6.09. The standard InChI is InChI=1S/C16H23N3O2/c17-15(12-1-2-12)11-16(21)19-9-7-18(8-10-19)13-3-5-14(20)6-4-13/h3-6,12,15,20H,1-2,7-11,17H2. The first-order chi connectivity index (χ1) is 10.1. The van der Waals surface area contributed by atoms with Crippen LogP contribution in [0.1, 0.15) is 19.3 Å². The van der Waals surface area contributed by atoms with Crippen molar-refractivity contribution >= 4 is 11.6 Å². The van der Waals surface area contributed by atoms with Crippen LogP contribution in [0.25, 0.3) is 0 Å². The molecule has 1 heterocycles. The molecule has 21 heavy (non-hydrogen) atoms. The van der Waals surface area contributed by atoms with Crippen molar-refractivity contribution in [3.63, 3.8) is 0 Å². The summed E-state index contributed by atoms with van der Waals surface area (Å²) in [6, 6.07) is 7.27. The van der Waals surface area contributed by atoms with E-state index in [4.69, 9.17) is 5.73 Å². The van der Waals surface area contributed by atoms with Gasteiger partial charge in [-0.05, 0) is 43.0 Å². The van der Waals surface area contributed by atoms with E-state index in [1.165, 1.54) is 12.8 Å². The van der Waals surface area contributed by atoms with E-state index in [1.54, 1.807) is 12.1 Å². The van der Waals surface area contributed by atoms with Crippen LogP contribution >= 0.6 is 0 Å². The van der Waals surface area contributed by atoms with E-state index < -0.39 is 0 Å². The molecule has 5 heteroatoms. The summed E-state index contributed by atoms with van der Waals surface area (Å²) in [6.07, 6.45) is 2.86. The predicted octanol–water partition coefficient (Wildman–Crippen LogP) is 1.17. The molecule has 1 saturated carbocycles. The van der Waals surface area contributed by atoms with Gasteiger partial charge in [0.25, 0.3) is 0 Å². The van der Waals surface area contributed by atoms with Crippen molar-refractivity contribution in [1.29, 1.82) is 0 Å². The molecule has 1 unspecified atom stereocenters. The normalized spacial score (nSPS) is 20.4. The first kappa shape index (κ1) is 14.2. The van der Waals surface area contributed by atoms with Crippen LogP contribution in [0.3, 0.4) is 0 Å². The highest BCUT2D eigenvalue weighted by Gasteiger charge is 2.31. The smallest absolute Gasteiger partial charge is 0.224 e. The number of amides is 1. The number of benzene rings is 1. The fourth-order valence-corrected chi connectivity index (χ4v) is 2.90. The number of carbonyl (C=O) groups excluding carboxylic acids is 1. The van der Waals surface area contributed by atoms with Gasteiger partial charge in [0, 0.05) is 44.3 Å². The highest BCUT2D eigenvalue weighted by atomic mass is 16.3. The molecule has 1 saturated heterocycles. The van der Waals surface area contributed by atoms with Crippen molar-refractivity contribution in [2.45, 2.75) is 25.3 Å². The van der Waals surface area contributed by atoms with Crippen molar-refractivity contribution in [2.75, 3.05) is 31.1 Å². The van der Waals surface area contributed by atoms with Gasteiger partial charge in [0.2, 0.25) is 5.91 Å². The number of phenolic OH excluding ortho intramolecular Hbond substituents is 1. The summed E-state index contributed by atoms with van der Waals surface area (Å²) in [5, 5.41) is 9.32. The number of carbonyl (C=O) groups is 1. The first-order valence-corrected chi connectivity index (χ1v) is 7.71. The van der Waals surface area contributed by atoms with Crippen molar-refractivity contribution < 1.29 is 9.90 Å². The van der Waals surface area contributed by atoms with Crippen LogP contribution in [0, 0.1) is 5.92 Å². The van der Waals surface area contributed by atoms with Gasteiger partial charge >= 0.3 is 0 Å². The van der Waals surface area contributed by atoms with E-state index in [-0.39, 0.29) is 17.7 Å². The Morgan fingerprint density at radius 3 is 2.38 bits per heavy atom. The molecule has 1 amide bonds. The van der Waals surface area contributed by atoms with Crippen LogP contribution in [0.4, 0.5) is 5.69 Å². The number of hydrogen-bond donors (Lipinski definition) is 2. The van der Waals surface area contributed by atoms with E-state index in [0.717, 1.165) is 31.9 Å². The minimum atomic E-state index is 0.0487. The Morgan fingerprint density at radius 1 is 1.19 bits per heavy atom. The molecule has 1 aliphatic carbocycles. The van der Waals surface area contributed by atoms with E-state index in [2.05, 4.69) is 4.90 Å². The Bertz CT molecular complexity index is 491. The van der Waals surface area contributed by atoms with Crippen molar-refractivity contribution in [2.24, 2.45) is 11.7 Å². The number of piperazine rings is 1. The van der Waals surface area contributed by atoms with Gasteiger partial charge in [0.1, 0.15) is 5.75 Å². The molecule has 0 radical (unpaired) electrons. The number of nitrogens with two attached hydrogens (primary N) is 1. The summed E-state index contributed by atoms with van der Waals surface area (Å²) in [7, 11) is 0. The second kappa shape index (κ2) is 5.93. The third kappa shape index (κ3) is 3.47. The van der Waals surface area contributed by atoms with E-state index in [9.17, 15) is 9.90 Å². The molecule has 1 aliphatic heterocycles. The van der Waals surface area contributed by atoms with Gasteiger partial charge < -0.3 is 20.6 Å². The molecule has 114 valence electrons. The molecule has 3 N–H and O–H groups in total. The summed E-state index contributed by atoms with van der Waals surface area (Å²) in [4.78, 5) is 16.4. The molecular weight excluding hydrogens is 266 g/mol. The fraction of sp³-hybridized carbons (Fsp3) is 0.562. The Hall–Kier alpha value is -1.75. The lowest BCUT2D eigenvalue weighted by molar-refractivity contribution is -0.131. The Morgan fingerprint density at radius 2 is 1.81 bits per heavy atom. The molecule has 1 aromatic rings. The highest BCUT2D eigenvalue weighted by Crippen LogP contribution is 2.33. The summed E-state index contributed by atoms with van der Waals surface area (Å²) < 4.78 is 0. The molecule has 0 spiro atoms. The monoisotopic (exact) mass is 289 g/mol. The van der Waals surface area contributed by atoms with E-state index in [1.807, 2.05) is 17.0 Å². The van der Waals surface area contributed by atoms with Crippen LogP contribution in [0.2, 0.25) is 0 Å². The minimum Gasteiger partial charge on any atom is -0.508 e. The van der Waals surface area contributed by atoms with Gasteiger partial charge in [-0.15, -0.1) is 0 Å². The van der Waals surface area contributed by atoms with Gasteiger partial charge in [-0.25, -0.2) is 0 Å². The fourth-order valence-electron chi connectivity index (χ4n) is 2.90. The average Bonchev–Trinajstić information content (AvgIpc) is 3.33. The topological polar surface area (TPSA) is 69.8 Å². The molecule has 1 aromatic carbocycles. The van der Waals surface area contributed by atoms with Gasteiger partial charge in [0.05, 0.1) is 0 Å². The van der Waals surface area contributed by atoms with Crippen molar-refractivity contribution in [3.05, 3.63) is 24.3 Å². The Balaban J connectivity index is 1.50. The van der Waals surface area contributed by atoms with Crippen molar-refractivity contribution in [1.82, 2.24) is 4.90 Å². The quantitative estimate of drug-likeness (QED) is 0.873. The molecule has 2 aliphatic rings. The van der Waals surface area contributed by atoms with Crippen LogP contribution in [0.15, 0.2) is 24.3 Å². The molecule has 1 atom stereocenters. The Labute approximate surface area is 125 Å². The third-order valence-electron chi connectivity index (χ3n) is 4.49. The summed E-state index contributed by atoms with van der Waals surface area (Å²) >= 11 is 0. The SMILES string of the molecule is NC(CC(=O)N1CCN(c2ccc(O)cc2)CC1)C1CC1. The average molecular weight is 289 g/mol. The van der Waals surface area contributed by atoms with Gasteiger partial charge in [0.15, 0.2) is 0 Å². The van der Waals surface area contributed by atoms with Crippen LogP contribution in [-0.2, 0) is 4.79 Å². The van der Waals surface area contributed by atoms with Gasteiger partial charge in [-0.2, -0.15) is 0 Å². The summed E-state index contributed by atoms with van der Waals surface area (Å²) in [5.41, 5.74) is 7.13. The Kier molecular flexibility index (Phi) is 4.01. The van der Waals surface area contributed by atoms with Gasteiger partial charge in [-0.1, -0.05) is 0 Å². The minimum absolute atomic E-state index is 0.0487. The second-order valence-corrected chi connectivity index (χ2v) is 6.09. The first-order valence-electron chi connectivity index (χ1n) is 7.71. The maximum atomic E-state index is 12.2. The maximum absolute atomic E-state index is 12.2. The van der Waals surface area contributed by atoms with Crippen LogP contribution in [0.5, 0.6) is 5.75 Å². The maximum Gasteiger partial charge on any atom is 0.224 e. The van der Waals surface area contributed by atoms with Gasteiger partial charge in [-0.3, -0.25) is 4.79 Å².